The molecule has 1 aromatic heterocycles. The molecule has 0 atom stereocenters. The zero-order valence-electron chi connectivity index (χ0n) is 11.6. The molecule has 0 spiro atoms. The van der Waals surface area contributed by atoms with Crippen molar-refractivity contribution in [1.82, 2.24) is 4.98 Å². The normalized spacial score (nSPS) is 10.0. The van der Waals surface area contributed by atoms with E-state index in [2.05, 4.69) is 10.3 Å². The van der Waals surface area contributed by atoms with Gasteiger partial charge >= 0.3 is 6.09 Å². The van der Waals surface area contributed by atoms with Crippen molar-refractivity contribution in [2.24, 2.45) is 0 Å². The number of aliphatic hydroxyl groups excluding tert-OH is 1. The van der Waals surface area contributed by atoms with E-state index in [0.29, 0.717) is 17.1 Å². The van der Waals surface area contributed by atoms with Crippen LogP contribution in [0, 0.1) is 0 Å². The molecular formula is C15H16N2O4. The number of rotatable bonds is 5. The molecule has 0 aliphatic carbocycles. The lowest BCUT2D eigenvalue weighted by Gasteiger charge is -2.09. The van der Waals surface area contributed by atoms with Crippen LogP contribution in [-0.2, 0) is 18.0 Å². The largest absolute Gasteiger partial charge is 0.481 e. The fourth-order valence-electron chi connectivity index (χ4n) is 1.74. The lowest BCUT2D eigenvalue weighted by Crippen LogP contribution is -2.14. The second kappa shape index (κ2) is 7.25. The van der Waals surface area contributed by atoms with Gasteiger partial charge in [-0.05, 0) is 11.6 Å². The number of benzene rings is 1. The Balaban J connectivity index is 1.93. The molecule has 1 aromatic carbocycles. The molecule has 0 unspecified atom stereocenters. The van der Waals surface area contributed by atoms with E-state index in [4.69, 9.17) is 9.47 Å². The average Bonchev–Trinajstić information content (AvgIpc) is 2.53. The van der Waals surface area contributed by atoms with Crippen LogP contribution in [0.1, 0.15) is 11.1 Å². The first kappa shape index (κ1) is 14.8. The predicted molar refractivity (Wildman–Crippen MR) is 77.0 cm³/mol. The molecule has 2 N–H and O–H groups in total. The highest BCUT2D eigenvalue weighted by atomic mass is 16.5. The Bertz CT molecular complexity index is 602. The van der Waals surface area contributed by atoms with Gasteiger partial charge in [0.05, 0.1) is 25.6 Å². The summed E-state index contributed by atoms with van der Waals surface area (Å²) < 4.78 is 10.1. The van der Waals surface area contributed by atoms with Crippen molar-refractivity contribution in [1.29, 1.82) is 0 Å². The van der Waals surface area contributed by atoms with Gasteiger partial charge in [-0.1, -0.05) is 30.3 Å². The minimum atomic E-state index is -0.588. The van der Waals surface area contributed by atoms with Crippen molar-refractivity contribution in [3.8, 4) is 5.88 Å². The minimum Gasteiger partial charge on any atom is -0.481 e. The van der Waals surface area contributed by atoms with Gasteiger partial charge in [0.15, 0.2) is 0 Å². The summed E-state index contributed by atoms with van der Waals surface area (Å²) in [4.78, 5) is 15.7. The summed E-state index contributed by atoms with van der Waals surface area (Å²) in [5, 5.41) is 11.7. The molecule has 1 amide bonds. The molecule has 1 heterocycles. The van der Waals surface area contributed by atoms with E-state index in [9.17, 15) is 9.90 Å². The standard InChI is InChI=1S/C15H16N2O4/c1-20-14-12(9-18)7-13(8-16-14)17-15(19)21-10-11-5-3-2-4-6-11/h2-8,18H,9-10H2,1H3,(H,17,19). The Labute approximate surface area is 122 Å². The summed E-state index contributed by atoms with van der Waals surface area (Å²) in [6, 6.07) is 11.0. The minimum absolute atomic E-state index is 0.184. The molecule has 2 aromatic rings. The Morgan fingerprint density at radius 2 is 2.10 bits per heavy atom. The van der Waals surface area contributed by atoms with Crippen molar-refractivity contribution >= 4 is 11.8 Å². The van der Waals surface area contributed by atoms with Gasteiger partial charge in [0, 0.05) is 5.56 Å². The van der Waals surface area contributed by atoms with Gasteiger partial charge in [-0.3, -0.25) is 5.32 Å². The quantitative estimate of drug-likeness (QED) is 0.882. The van der Waals surface area contributed by atoms with Crippen molar-refractivity contribution in [3.05, 3.63) is 53.7 Å². The van der Waals surface area contributed by atoms with Crippen LogP contribution < -0.4 is 10.1 Å². The van der Waals surface area contributed by atoms with Crippen molar-refractivity contribution in [3.63, 3.8) is 0 Å². The second-order valence-corrected chi connectivity index (χ2v) is 4.24. The van der Waals surface area contributed by atoms with Gasteiger partial charge in [-0.25, -0.2) is 9.78 Å². The number of anilines is 1. The van der Waals surface area contributed by atoms with E-state index in [-0.39, 0.29) is 13.2 Å². The first-order valence-corrected chi connectivity index (χ1v) is 6.34. The van der Waals surface area contributed by atoms with Crippen LogP contribution in [0.25, 0.3) is 0 Å². The molecule has 0 radical (unpaired) electrons. The third-order valence-electron chi connectivity index (χ3n) is 2.75. The number of hydrogen-bond acceptors (Lipinski definition) is 5. The van der Waals surface area contributed by atoms with Gasteiger partial charge in [0.1, 0.15) is 6.61 Å². The highest BCUT2D eigenvalue weighted by molar-refractivity contribution is 5.84. The van der Waals surface area contributed by atoms with Gasteiger partial charge in [0.2, 0.25) is 5.88 Å². The van der Waals surface area contributed by atoms with Crippen LogP contribution in [0.5, 0.6) is 5.88 Å². The Hall–Kier alpha value is -2.60. The van der Waals surface area contributed by atoms with Crippen molar-refractivity contribution < 1.29 is 19.4 Å². The third-order valence-corrected chi connectivity index (χ3v) is 2.75. The van der Waals surface area contributed by atoms with E-state index in [1.54, 1.807) is 6.07 Å². The fraction of sp³-hybridized carbons (Fsp3) is 0.200. The number of hydrogen-bond donors (Lipinski definition) is 2. The van der Waals surface area contributed by atoms with Crippen LogP contribution in [0.15, 0.2) is 42.6 Å². The number of carbonyl (C=O) groups is 1. The summed E-state index contributed by atoms with van der Waals surface area (Å²) in [6.45, 7) is -0.0477. The summed E-state index contributed by atoms with van der Waals surface area (Å²) >= 11 is 0. The van der Waals surface area contributed by atoms with Gasteiger partial charge in [0.25, 0.3) is 0 Å². The molecule has 0 bridgehead atoms. The molecule has 0 fully saturated rings. The molecule has 0 aliphatic heterocycles. The first-order valence-electron chi connectivity index (χ1n) is 6.34. The van der Waals surface area contributed by atoms with Crippen molar-refractivity contribution in [2.45, 2.75) is 13.2 Å². The molecular weight excluding hydrogens is 272 g/mol. The number of ether oxygens (including phenoxy) is 2. The van der Waals surface area contributed by atoms with Crippen LogP contribution in [0.3, 0.4) is 0 Å². The van der Waals surface area contributed by atoms with E-state index in [1.807, 2.05) is 30.3 Å². The smallest absolute Gasteiger partial charge is 0.412 e. The summed E-state index contributed by atoms with van der Waals surface area (Å²) in [7, 11) is 1.46. The Morgan fingerprint density at radius 1 is 1.33 bits per heavy atom. The number of carbonyl (C=O) groups excluding carboxylic acids is 1. The molecule has 0 saturated carbocycles. The van der Waals surface area contributed by atoms with Crippen molar-refractivity contribution in [2.75, 3.05) is 12.4 Å². The molecule has 6 heteroatoms. The topological polar surface area (TPSA) is 80.7 Å². The third kappa shape index (κ3) is 4.19. The van der Waals surface area contributed by atoms with Crippen LogP contribution >= 0.6 is 0 Å². The molecule has 0 saturated heterocycles. The van der Waals surface area contributed by atoms with E-state index < -0.39 is 6.09 Å². The van der Waals surface area contributed by atoms with E-state index in [0.717, 1.165) is 5.56 Å². The zero-order chi connectivity index (χ0) is 15.1. The van der Waals surface area contributed by atoms with Gasteiger partial charge in [-0.2, -0.15) is 0 Å². The number of methoxy groups -OCH3 is 1. The maximum absolute atomic E-state index is 11.7. The number of aliphatic hydroxyl groups is 1. The predicted octanol–water partition coefficient (Wildman–Crippen LogP) is 2.33. The number of aromatic nitrogens is 1. The molecule has 0 aliphatic rings. The first-order chi connectivity index (χ1) is 10.2. The molecule has 2 rings (SSSR count). The Kier molecular flexibility index (Phi) is 5.11. The highest BCUT2D eigenvalue weighted by Gasteiger charge is 2.08. The number of pyridine rings is 1. The molecule has 21 heavy (non-hydrogen) atoms. The maximum atomic E-state index is 11.7. The SMILES string of the molecule is COc1ncc(NC(=O)OCc2ccccc2)cc1CO. The molecule has 6 nitrogen and oxygen atoms in total. The molecule has 110 valence electrons. The number of nitrogens with one attached hydrogen (secondary N) is 1. The lowest BCUT2D eigenvalue weighted by molar-refractivity contribution is 0.155. The van der Waals surface area contributed by atoms with Gasteiger partial charge < -0.3 is 14.6 Å². The zero-order valence-corrected chi connectivity index (χ0v) is 11.6. The number of amides is 1. The maximum Gasteiger partial charge on any atom is 0.412 e. The number of nitrogens with zero attached hydrogens (tertiary/aromatic N) is 1. The van der Waals surface area contributed by atoms with Crippen LogP contribution in [-0.4, -0.2) is 23.3 Å². The van der Waals surface area contributed by atoms with E-state index >= 15 is 0 Å². The second-order valence-electron chi connectivity index (χ2n) is 4.24. The lowest BCUT2D eigenvalue weighted by atomic mass is 10.2. The Morgan fingerprint density at radius 3 is 2.76 bits per heavy atom. The highest BCUT2D eigenvalue weighted by Crippen LogP contribution is 2.19. The van der Waals surface area contributed by atoms with Crippen LogP contribution in [0.2, 0.25) is 0 Å². The summed E-state index contributed by atoms with van der Waals surface area (Å²) in [5.74, 6) is 0.320. The summed E-state index contributed by atoms with van der Waals surface area (Å²) in [5.41, 5.74) is 1.81. The van der Waals surface area contributed by atoms with Gasteiger partial charge in [-0.15, -0.1) is 0 Å². The monoisotopic (exact) mass is 288 g/mol. The average molecular weight is 288 g/mol. The fourth-order valence-corrected chi connectivity index (χ4v) is 1.74. The van der Waals surface area contributed by atoms with Crippen LogP contribution in [0.4, 0.5) is 10.5 Å². The van der Waals surface area contributed by atoms with E-state index in [1.165, 1.54) is 13.3 Å². The summed E-state index contributed by atoms with van der Waals surface area (Å²) in [6.07, 6.45) is 0.844.